The highest BCUT2D eigenvalue weighted by molar-refractivity contribution is 7.15. The maximum atomic E-state index is 12.8. The van der Waals surface area contributed by atoms with Crippen molar-refractivity contribution >= 4 is 22.4 Å². The highest BCUT2D eigenvalue weighted by atomic mass is 32.1. The van der Waals surface area contributed by atoms with Crippen LogP contribution in [0.5, 0.6) is 11.5 Å². The van der Waals surface area contributed by atoms with Crippen LogP contribution in [0.3, 0.4) is 0 Å². The van der Waals surface area contributed by atoms with Crippen LogP contribution in [0, 0.1) is 0 Å². The Labute approximate surface area is 188 Å². The first kappa shape index (κ1) is 20.0. The number of rotatable bonds is 6. The molecule has 2 aromatic heterocycles. The molecule has 0 amide bonds. The maximum absolute atomic E-state index is 12.8. The molecule has 5 rings (SSSR count). The number of fused-ring (bicyclic) bond motifs is 1. The van der Waals surface area contributed by atoms with Crippen LogP contribution in [0.25, 0.3) is 22.4 Å². The largest absolute Gasteiger partial charge is 0.497 e. The summed E-state index contributed by atoms with van der Waals surface area (Å²) in [6, 6.07) is 25.1. The molecule has 158 valence electrons. The van der Waals surface area contributed by atoms with Crippen LogP contribution >= 0.6 is 11.3 Å². The van der Waals surface area contributed by atoms with Gasteiger partial charge in [0.25, 0.3) is 5.56 Å². The number of methoxy groups -OCH3 is 1. The molecule has 0 aliphatic rings. The number of hydrogen-bond acceptors (Lipinski definition) is 6. The van der Waals surface area contributed by atoms with Gasteiger partial charge in [0, 0.05) is 5.56 Å². The van der Waals surface area contributed by atoms with Gasteiger partial charge in [0.2, 0.25) is 4.96 Å². The van der Waals surface area contributed by atoms with Crippen molar-refractivity contribution in [2.45, 2.75) is 6.61 Å². The Kier molecular flexibility index (Phi) is 5.39. The second kappa shape index (κ2) is 8.64. The molecule has 0 unspecified atom stereocenters. The van der Waals surface area contributed by atoms with E-state index in [0.29, 0.717) is 21.9 Å². The van der Waals surface area contributed by atoms with Crippen molar-refractivity contribution in [3.05, 3.63) is 105 Å². The van der Waals surface area contributed by atoms with Gasteiger partial charge in [-0.2, -0.15) is 9.50 Å². The van der Waals surface area contributed by atoms with Gasteiger partial charge in [0.1, 0.15) is 18.1 Å². The van der Waals surface area contributed by atoms with E-state index in [0.717, 1.165) is 28.2 Å². The number of ether oxygens (including phenoxy) is 2. The second-order valence-electron chi connectivity index (χ2n) is 7.12. The number of hydrogen-bond donors (Lipinski definition) is 0. The normalized spacial score (nSPS) is 11.7. The lowest BCUT2D eigenvalue weighted by Gasteiger charge is -2.06. The van der Waals surface area contributed by atoms with E-state index in [1.165, 1.54) is 15.9 Å². The summed E-state index contributed by atoms with van der Waals surface area (Å²) in [6.45, 7) is 0.513. The molecular formula is C25H19N3O3S. The molecule has 0 radical (unpaired) electrons. The van der Waals surface area contributed by atoms with E-state index >= 15 is 0 Å². The molecule has 7 heteroatoms. The lowest BCUT2D eigenvalue weighted by atomic mass is 10.2. The van der Waals surface area contributed by atoms with Gasteiger partial charge in [0.05, 0.1) is 11.6 Å². The summed E-state index contributed by atoms with van der Waals surface area (Å²) in [5, 5.41) is 4.39. The molecule has 0 saturated carbocycles. The number of benzene rings is 3. The average Bonchev–Trinajstić information content (AvgIpc) is 3.38. The van der Waals surface area contributed by atoms with Crippen molar-refractivity contribution in [1.82, 2.24) is 14.6 Å². The van der Waals surface area contributed by atoms with E-state index in [1.54, 1.807) is 7.11 Å². The quantitative estimate of drug-likeness (QED) is 0.399. The minimum atomic E-state index is -0.179. The van der Waals surface area contributed by atoms with E-state index in [1.807, 2.05) is 84.9 Å². The fourth-order valence-electron chi connectivity index (χ4n) is 3.25. The number of nitrogens with zero attached hydrogens (tertiary/aromatic N) is 3. The first-order valence-corrected chi connectivity index (χ1v) is 10.8. The van der Waals surface area contributed by atoms with Crippen LogP contribution in [0.2, 0.25) is 0 Å². The molecule has 2 heterocycles. The van der Waals surface area contributed by atoms with Gasteiger partial charge in [-0.25, -0.2) is 0 Å². The third kappa shape index (κ3) is 4.10. The van der Waals surface area contributed by atoms with Crippen LogP contribution in [-0.2, 0) is 6.61 Å². The van der Waals surface area contributed by atoms with Crippen molar-refractivity contribution < 1.29 is 9.47 Å². The third-order valence-electron chi connectivity index (χ3n) is 4.96. The SMILES string of the molecule is COc1ccc(-c2nc3s/c(=C\c4ccc(OCc5ccccc5)cc4)c(=O)n3n2)cc1. The standard InChI is InChI=1S/C25H19N3O3S/c1-30-20-13-9-19(10-14-20)23-26-25-28(27-23)24(29)22(32-25)15-17-7-11-21(12-8-17)31-16-18-5-3-2-4-6-18/h2-15H,16H2,1H3/b22-15-. The Morgan fingerprint density at radius 3 is 2.34 bits per heavy atom. The predicted octanol–water partition coefficient (Wildman–Crippen LogP) is 3.95. The minimum absolute atomic E-state index is 0.179. The highest BCUT2D eigenvalue weighted by Crippen LogP contribution is 2.20. The van der Waals surface area contributed by atoms with Gasteiger partial charge in [-0.3, -0.25) is 4.79 Å². The van der Waals surface area contributed by atoms with Crippen LogP contribution < -0.4 is 19.6 Å². The molecule has 0 saturated heterocycles. The van der Waals surface area contributed by atoms with Crippen LogP contribution in [0.4, 0.5) is 0 Å². The van der Waals surface area contributed by atoms with E-state index in [4.69, 9.17) is 9.47 Å². The summed E-state index contributed by atoms with van der Waals surface area (Å²) in [6.07, 6.45) is 1.84. The van der Waals surface area contributed by atoms with Gasteiger partial charge in [-0.1, -0.05) is 53.8 Å². The number of aromatic nitrogens is 3. The molecule has 0 N–H and O–H groups in total. The van der Waals surface area contributed by atoms with Crippen molar-refractivity contribution in [2.75, 3.05) is 7.11 Å². The molecule has 0 aliphatic carbocycles. The molecule has 0 aliphatic heterocycles. The molecule has 0 fully saturated rings. The van der Waals surface area contributed by atoms with E-state index in [-0.39, 0.29) is 5.56 Å². The minimum Gasteiger partial charge on any atom is -0.497 e. The zero-order valence-electron chi connectivity index (χ0n) is 17.3. The van der Waals surface area contributed by atoms with E-state index in [2.05, 4.69) is 10.1 Å². The topological polar surface area (TPSA) is 65.7 Å². The Bertz CT molecular complexity index is 1460. The lowest BCUT2D eigenvalue weighted by molar-refractivity contribution is 0.306. The molecule has 0 spiro atoms. The summed E-state index contributed by atoms with van der Waals surface area (Å²) >= 11 is 1.32. The van der Waals surface area contributed by atoms with Crippen molar-refractivity contribution in [3.63, 3.8) is 0 Å². The predicted molar refractivity (Wildman–Crippen MR) is 125 cm³/mol. The summed E-state index contributed by atoms with van der Waals surface area (Å²) in [5.74, 6) is 2.05. The summed E-state index contributed by atoms with van der Waals surface area (Å²) < 4.78 is 12.9. The summed E-state index contributed by atoms with van der Waals surface area (Å²) in [4.78, 5) is 17.9. The van der Waals surface area contributed by atoms with Crippen LogP contribution in [0.15, 0.2) is 83.7 Å². The van der Waals surface area contributed by atoms with Crippen molar-refractivity contribution in [1.29, 1.82) is 0 Å². The Hall–Kier alpha value is -3.97. The zero-order chi connectivity index (χ0) is 21.9. The first-order valence-electron chi connectivity index (χ1n) is 10.0. The first-order chi connectivity index (χ1) is 15.7. The molecule has 5 aromatic rings. The zero-order valence-corrected chi connectivity index (χ0v) is 18.1. The second-order valence-corrected chi connectivity index (χ2v) is 8.13. The monoisotopic (exact) mass is 441 g/mol. The molecule has 6 nitrogen and oxygen atoms in total. The smallest absolute Gasteiger partial charge is 0.291 e. The van der Waals surface area contributed by atoms with Crippen LogP contribution in [0.1, 0.15) is 11.1 Å². The van der Waals surface area contributed by atoms with Gasteiger partial charge in [-0.15, -0.1) is 5.10 Å². The lowest BCUT2D eigenvalue weighted by Crippen LogP contribution is -2.23. The Balaban J connectivity index is 1.36. The fraction of sp³-hybridized carbons (Fsp3) is 0.0800. The van der Waals surface area contributed by atoms with E-state index < -0.39 is 0 Å². The fourth-order valence-corrected chi connectivity index (χ4v) is 4.16. The van der Waals surface area contributed by atoms with Crippen LogP contribution in [-0.4, -0.2) is 21.7 Å². The van der Waals surface area contributed by atoms with Gasteiger partial charge in [-0.05, 0) is 53.6 Å². The van der Waals surface area contributed by atoms with Crippen molar-refractivity contribution in [3.8, 4) is 22.9 Å². The average molecular weight is 442 g/mol. The van der Waals surface area contributed by atoms with Gasteiger partial charge < -0.3 is 9.47 Å². The van der Waals surface area contributed by atoms with Gasteiger partial charge in [0.15, 0.2) is 5.82 Å². The maximum Gasteiger partial charge on any atom is 0.291 e. The molecule has 0 bridgehead atoms. The summed E-state index contributed by atoms with van der Waals surface area (Å²) in [7, 11) is 1.62. The molecule has 0 atom stereocenters. The molecular weight excluding hydrogens is 422 g/mol. The summed E-state index contributed by atoms with van der Waals surface area (Å²) in [5.41, 5.74) is 2.68. The Morgan fingerprint density at radius 2 is 1.66 bits per heavy atom. The highest BCUT2D eigenvalue weighted by Gasteiger charge is 2.12. The van der Waals surface area contributed by atoms with Gasteiger partial charge >= 0.3 is 0 Å². The Morgan fingerprint density at radius 1 is 0.938 bits per heavy atom. The molecule has 3 aromatic carbocycles. The third-order valence-corrected chi connectivity index (χ3v) is 5.92. The van der Waals surface area contributed by atoms with Crippen molar-refractivity contribution in [2.24, 2.45) is 0 Å². The number of thiazole rings is 1. The molecule has 32 heavy (non-hydrogen) atoms. The van der Waals surface area contributed by atoms with E-state index in [9.17, 15) is 4.79 Å².